The zero-order chi connectivity index (χ0) is 10.8. The van der Waals surface area contributed by atoms with Crippen LogP contribution >= 0.6 is 11.6 Å². The number of benzene rings is 1. The van der Waals surface area contributed by atoms with Gasteiger partial charge in [-0.15, -0.1) is 5.10 Å². The van der Waals surface area contributed by atoms with Crippen molar-refractivity contribution in [2.24, 2.45) is 0 Å². The first-order valence-corrected chi connectivity index (χ1v) is 4.61. The van der Waals surface area contributed by atoms with Gasteiger partial charge in [-0.2, -0.15) is 9.67 Å². The highest BCUT2D eigenvalue weighted by atomic mass is 35.5. The molecule has 0 saturated carbocycles. The van der Waals surface area contributed by atoms with Gasteiger partial charge in [-0.25, -0.2) is 0 Å². The van der Waals surface area contributed by atoms with Crippen LogP contribution in [0.5, 0.6) is 6.01 Å². The summed E-state index contributed by atoms with van der Waals surface area (Å²) in [7, 11) is 1.49. The van der Waals surface area contributed by atoms with Crippen molar-refractivity contribution in [1.82, 2.24) is 14.8 Å². The van der Waals surface area contributed by atoms with Gasteiger partial charge in [0.15, 0.2) is 0 Å². The zero-order valence-electron chi connectivity index (χ0n) is 8.01. The topological polar surface area (TPSA) is 66.0 Å². The summed E-state index contributed by atoms with van der Waals surface area (Å²) in [6, 6.07) is 7.34. The minimum atomic E-state index is 0.238. The molecule has 2 rings (SSSR count). The molecule has 1 heterocycles. The molecule has 0 atom stereocenters. The van der Waals surface area contributed by atoms with Crippen LogP contribution in [0.4, 0.5) is 5.95 Å². The van der Waals surface area contributed by atoms with Crippen molar-refractivity contribution in [3.63, 3.8) is 0 Å². The molecule has 0 fully saturated rings. The van der Waals surface area contributed by atoms with Crippen molar-refractivity contribution in [3.8, 4) is 11.7 Å². The Hall–Kier alpha value is -1.75. The van der Waals surface area contributed by atoms with Crippen LogP contribution in [0.15, 0.2) is 24.3 Å². The van der Waals surface area contributed by atoms with Crippen molar-refractivity contribution in [2.75, 3.05) is 12.8 Å². The van der Waals surface area contributed by atoms with Gasteiger partial charge in [-0.1, -0.05) is 11.6 Å². The van der Waals surface area contributed by atoms with Gasteiger partial charge in [0, 0.05) is 5.02 Å². The fourth-order valence-corrected chi connectivity index (χ4v) is 1.29. The Labute approximate surface area is 91.4 Å². The van der Waals surface area contributed by atoms with E-state index >= 15 is 0 Å². The predicted molar refractivity (Wildman–Crippen MR) is 57.3 cm³/mol. The number of hydrogen-bond donors (Lipinski definition) is 1. The van der Waals surface area contributed by atoms with Crippen LogP contribution in [-0.4, -0.2) is 21.9 Å². The third-order valence-corrected chi connectivity index (χ3v) is 2.12. The molecule has 15 heavy (non-hydrogen) atoms. The van der Waals surface area contributed by atoms with Crippen molar-refractivity contribution in [2.45, 2.75) is 0 Å². The van der Waals surface area contributed by atoms with Crippen molar-refractivity contribution in [1.29, 1.82) is 0 Å². The molecule has 1 aromatic heterocycles. The van der Waals surface area contributed by atoms with E-state index < -0.39 is 0 Å². The first-order chi connectivity index (χ1) is 7.20. The molecule has 6 heteroatoms. The Balaban J connectivity index is 2.44. The van der Waals surface area contributed by atoms with Crippen molar-refractivity contribution in [3.05, 3.63) is 29.3 Å². The molecule has 1 aromatic carbocycles. The van der Waals surface area contributed by atoms with Gasteiger partial charge in [-0.05, 0) is 24.3 Å². The van der Waals surface area contributed by atoms with E-state index in [1.807, 2.05) is 0 Å². The Bertz CT molecular complexity index is 465. The summed E-state index contributed by atoms with van der Waals surface area (Å²) in [5.74, 6) is 0.272. The van der Waals surface area contributed by atoms with E-state index in [4.69, 9.17) is 22.1 Å². The van der Waals surface area contributed by atoms with Crippen LogP contribution in [-0.2, 0) is 0 Å². The van der Waals surface area contributed by atoms with Crippen LogP contribution in [0.2, 0.25) is 5.02 Å². The van der Waals surface area contributed by atoms with Crippen LogP contribution in [0.1, 0.15) is 0 Å². The second-order valence-corrected chi connectivity index (χ2v) is 3.28. The molecule has 5 nitrogen and oxygen atoms in total. The SMILES string of the molecule is COc1nc(N)n(-c2ccc(Cl)cc2)n1. The number of rotatable bonds is 2. The Morgan fingerprint density at radius 3 is 2.53 bits per heavy atom. The first kappa shape index (κ1) is 9.79. The highest BCUT2D eigenvalue weighted by molar-refractivity contribution is 6.30. The summed E-state index contributed by atoms with van der Waals surface area (Å²) < 4.78 is 6.35. The molecular weight excluding hydrogens is 216 g/mol. The van der Waals surface area contributed by atoms with Crippen molar-refractivity contribution < 1.29 is 4.74 Å². The third kappa shape index (κ3) is 1.87. The predicted octanol–water partition coefficient (Wildman–Crippen LogP) is 1.51. The molecule has 0 spiro atoms. The molecule has 0 unspecified atom stereocenters. The minimum Gasteiger partial charge on any atom is -0.466 e. The Morgan fingerprint density at radius 1 is 1.33 bits per heavy atom. The maximum absolute atomic E-state index is 5.77. The molecule has 0 bridgehead atoms. The van der Waals surface area contributed by atoms with Gasteiger partial charge in [-0.3, -0.25) is 0 Å². The van der Waals surface area contributed by atoms with E-state index in [1.54, 1.807) is 24.3 Å². The molecule has 0 aliphatic rings. The number of hydrogen-bond acceptors (Lipinski definition) is 4. The van der Waals surface area contributed by atoms with Crippen LogP contribution < -0.4 is 10.5 Å². The standard InChI is InChI=1S/C9H9ClN4O/c1-15-9-12-8(11)14(13-9)7-4-2-6(10)3-5-7/h2-5H,1H3,(H2,11,12,13). The van der Waals surface area contributed by atoms with Gasteiger partial charge in [0.05, 0.1) is 12.8 Å². The molecule has 2 aromatic rings. The highest BCUT2D eigenvalue weighted by Crippen LogP contribution is 2.16. The van der Waals surface area contributed by atoms with E-state index in [9.17, 15) is 0 Å². The Morgan fingerprint density at radius 2 is 2.00 bits per heavy atom. The molecule has 0 saturated heterocycles. The second-order valence-electron chi connectivity index (χ2n) is 2.84. The second kappa shape index (κ2) is 3.78. The largest absolute Gasteiger partial charge is 0.466 e. The Kier molecular flexibility index (Phi) is 2.47. The lowest BCUT2D eigenvalue weighted by Crippen LogP contribution is -2.01. The van der Waals surface area contributed by atoms with Crippen LogP contribution in [0.25, 0.3) is 5.69 Å². The number of nitrogens with two attached hydrogens (primary N) is 1. The normalized spacial score (nSPS) is 10.3. The number of halogens is 1. The average molecular weight is 225 g/mol. The van der Waals surface area contributed by atoms with Crippen LogP contribution in [0, 0.1) is 0 Å². The van der Waals surface area contributed by atoms with Gasteiger partial charge in [0.1, 0.15) is 0 Å². The molecule has 0 aliphatic heterocycles. The number of nitrogens with zero attached hydrogens (tertiary/aromatic N) is 3. The summed E-state index contributed by atoms with van der Waals surface area (Å²) in [5.41, 5.74) is 6.45. The smallest absolute Gasteiger partial charge is 0.337 e. The molecule has 0 aliphatic carbocycles. The van der Waals surface area contributed by atoms with E-state index in [0.717, 1.165) is 5.69 Å². The van der Waals surface area contributed by atoms with E-state index in [-0.39, 0.29) is 12.0 Å². The zero-order valence-corrected chi connectivity index (χ0v) is 8.77. The summed E-state index contributed by atoms with van der Waals surface area (Å²) in [4.78, 5) is 3.90. The first-order valence-electron chi connectivity index (χ1n) is 4.23. The maximum atomic E-state index is 5.77. The summed E-state index contributed by atoms with van der Waals surface area (Å²) in [6.07, 6.45) is 0. The molecular formula is C9H9ClN4O. The van der Waals surface area contributed by atoms with Gasteiger partial charge in [0.25, 0.3) is 0 Å². The van der Waals surface area contributed by atoms with E-state index in [0.29, 0.717) is 5.02 Å². The lowest BCUT2D eigenvalue weighted by molar-refractivity contribution is 0.380. The van der Waals surface area contributed by atoms with Crippen LogP contribution in [0.3, 0.4) is 0 Å². The number of methoxy groups -OCH3 is 1. The maximum Gasteiger partial charge on any atom is 0.337 e. The third-order valence-electron chi connectivity index (χ3n) is 1.87. The van der Waals surface area contributed by atoms with E-state index in [1.165, 1.54) is 11.8 Å². The molecule has 2 N–H and O–H groups in total. The fourth-order valence-electron chi connectivity index (χ4n) is 1.16. The quantitative estimate of drug-likeness (QED) is 0.840. The summed E-state index contributed by atoms with van der Waals surface area (Å²) in [5, 5.41) is 4.70. The summed E-state index contributed by atoms with van der Waals surface area (Å²) >= 11 is 5.77. The lowest BCUT2D eigenvalue weighted by atomic mass is 10.3. The van der Waals surface area contributed by atoms with Gasteiger partial charge in [0.2, 0.25) is 5.95 Å². The molecule has 0 amide bonds. The lowest BCUT2D eigenvalue weighted by Gasteiger charge is -2.01. The van der Waals surface area contributed by atoms with Crippen molar-refractivity contribution >= 4 is 17.5 Å². The summed E-state index contributed by atoms with van der Waals surface area (Å²) in [6.45, 7) is 0. The monoisotopic (exact) mass is 224 g/mol. The number of ether oxygens (including phenoxy) is 1. The number of anilines is 1. The molecule has 0 radical (unpaired) electrons. The fraction of sp³-hybridized carbons (Fsp3) is 0.111. The highest BCUT2D eigenvalue weighted by Gasteiger charge is 2.08. The number of nitrogen functional groups attached to an aromatic ring is 1. The number of aromatic nitrogens is 3. The van der Waals surface area contributed by atoms with Gasteiger partial charge < -0.3 is 10.5 Å². The van der Waals surface area contributed by atoms with E-state index in [2.05, 4.69) is 10.1 Å². The molecule has 78 valence electrons. The average Bonchev–Trinajstić information content (AvgIpc) is 2.61. The van der Waals surface area contributed by atoms with Gasteiger partial charge >= 0.3 is 6.01 Å². The minimum absolute atomic E-state index is 0.238.